The van der Waals surface area contributed by atoms with E-state index in [0.717, 1.165) is 37.1 Å². The lowest BCUT2D eigenvalue weighted by Gasteiger charge is -2.25. The van der Waals surface area contributed by atoms with E-state index in [4.69, 9.17) is 11.6 Å². The molecule has 1 aliphatic heterocycles. The van der Waals surface area contributed by atoms with Crippen molar-refractivity contribution < 1.29 is 4.79 Å². The molecule has 1 aliphatic rings. The van der Waals surface area contributed by atoms with Crippen LogP contribution in [0.3, 0.4) is 0 Å². The third kappa shape index (κ3) is 3.79. The van der Waals surface area contributed by atoms with Crippen molar-refractivity contribution in [2.24, 2.45) is 0 Å². The third-order valence-corrected chi connectivity index (χ3v) is 5.15. The van der Waals surface area contributed by atoms with Crippen LogP contribution in [0, 0.1) is 0 Å². The molecule has 0 radical (unpaired) electrons. The second kappa shape index (κ2) is 7.44. The zero-order valence-electron chi connectivity index (χ0n) is 14.6. The van der Waals surface area contributed by atoms with Gasteiger partial charge in [0.2, 0.25) is 5.91 Å². The van der Waals surface area contributed by atoms with E-state index in [1.54, 1.807) is 16.5 Å². The minimum Gasteiger partial charge on any atom is -0.337 e. The molecule has 2 heterocycles. The van der Waals surface area contributed by atoms with Gasteiger partial charge < -0.3 is 4.90 Å². The molecule has 0 fully saturated rings. The summed E-state index contributed by atoms with van der Waals surface area (Å²) in [5.41, 5.74) is 0.811. The van der Waals surface area contributed by atoms with Gasteiger partial charge in [-0.15, -0.1) is 0 Å². The topological polar surface area (TPSA) is 60.1 Å². The van der Waals surface area contributed by atoms with Crippen LogP contribution in [0.15, 0.2) is 29.1 Å². The molecule has 134 valence electrons. The Morgan fingerprint density at radius 3 is 2.72 bits per heavy atom. The first-order chi connectivity index (χ1) is 12.0. The van der Waals surface area contributed by atoms with Gasteiger partial charge >= 0.3 is 5.69 Å². The highest BCUT2D eigenvalue weighted by Crippen LogP contribution is 2.21. The Hall–Kier alpha value is -2.08. The lowest BCUT2D eigenvalue weighted by molar-refractivity contribution is -0.132. The molecule has 1 aromatic heterocycles. The second-order valence-electron chi connectivity index (χ2n) is 6.55. The van der Waals surface area contributed by atoms with Crippen LogP contribution in [0.2, 0.25) is 5.02 Å². The van der Waals surface area contributed by atoms with E-state index in [1.165, 1.54) is 4.68 Å². The van der Waals surface area contributed by atoms with Crippen LogP contribution >= 0.6 is 11.6 Å². The van der Waals surface area contributed by atoms with Gasteiger partial charge in [-0.2, -0.15) is 5.10 Å². The van der Waals surface area contributed by atoms with Crippen molar-refractivity contribution in [1.82, 2.24) is 19.2 Å². The molecule has 7 heteroatoms. The molecule has 0 N–H and O–H groups in total. The molecule has 2 aromatic rings. The summed E-state index contributed by atoms with van der Waals surface area (Å²) < 4.78 is 3.01. The molecular weight excluding hydrogens is 340 g/mol. The minimum atomic E-state index is -0.183. The predicted octanol–water partition coefficient (Wildman–Crippen LogP) is 2.64. The van der Waals surface area contributed by atoms with Gasteiger partial charge in [0.15, 0.2) is 0 Å². The van der Waals surface area contributed by atoms with Gasteiger partial charge in [0, 0.05) is 25.0 Å². The van der Waals surface area contributed by atoms with Crippen LogP contribution in [0.5, 0.6) is 0 Å². The van der Waals surface area contributed by atoms with Crippen molar-refractivity contribution in [1.29, 1.82) is 0 Å². The Bertz CT molecular complexity index is 809. The number of hydrogen-bond acceptors (Lipinski definition) is 3. The first-order valence-corrected chi connectivity index (χ1v) is 9.03. The maximum Gasteiger partial charge on any atom is 0.346 e. The Kier molecular flexibility index (Phi) is 5.27. The van der Waals surface area contributed by atoms with E-state index < -0.39 is 0 Å². The van der Waals surface area contributed by atoms with Gasteiger partial charge in [-0.3, -0.25) is 9.36 Å². The fraction of sp³-hybridized carbons (Fsp3) is 0.500. The van der Waals surface area contributed by atoms with E-state index in [-0.39, 0.29) is 24.2 Å². The average Bonchev–Trinajstić information content (AvgIpc) is 2.78. The highest BCUT2D eigenvalue weighted by atomic mass is 35.5. The number of likely N-dealkylation sites (N-methyl/N-ethyl adjacent to an activating group) is 1. The lowest BCUT2D eigenvalue weighted by atomic mass is 10.1. The van der Waals surface area contributed by atoms with E-state index in [0.29, 0.717) is 11.6 Å². The van der Waals surface area contributed by atoms with E-state index in [9.17, 15) is 9.59 Å². The third-order valence-electron chi connectivity index (χ3n) is 4.89. The molecule has 0 saturated heterocycles. The van der Waals surface area contributed by atoms with Crippen LogP contribution in [0.25, 0.3) is 0 Å². The molecule has 1 amide bonds. The number of fused-ring (bicyclic) bond motifs is 1. The van der Waals surface area contributed by atoms with Crippen molar-refractivity contribution in [3.05, 3.63) is 51.2 Å². The van der Waals surface area contributed by atoms with Crippen LogP contribution < -0.4 is 5.69 Å². The van der Waals surface area contributed by atoms with Gasteiger partial charge in [0.1, 0.15) is 12.4 Å². The lowest BCUT2D eigenvalue weighted by Crippen LogP contribution is -2.36. The highest BCUT2D eigenvalue weighted by Gasteiger charge is 2.21. The van der Waals surface area contributed by atoms with E-state index in [2.05, 4.69) is 5.10 Å². The smallest absolute Gasteiger partial charge is 0.337 e. The minimum absolute atomic E-state index is 0.0345. The van der Waals surface area contributed by atoms with Crippen molar-refractivity contribution >= 4 is 17.5 Å². The molecular formula is C18H23ClN4O2. The number of aryl methyl sites for hydroxylation is 1. The van der Waals surface area contributed by atoms with Crippen molar-refractivity contribution in [3.8, 4) is 0 Å². The van der Waals surface area contributed by atoms with Crippen LogP contribution in [0.4, 0.5) is 0 Å². The molecule has 25 heavy (non-hydrogen) atoms. The van der Waals surface area contributed by atoms with Crippen LogP contribution in [-0.2, 0) is 24.3 Å². The second-order valence-corrected chi connectivity index (χ2v) is 6.99. The maximum atomic E-state index is 12.6. The molecule has 1 aromatic carbocycles. The average molecular weight is 363 g/mol. The Morgan fingerprint density at radius 2 is 2.00 bits per heavy atom. The first kappa shape index (κ1) is 17.7. The van der Waals surface area contributed by atoms with Gasteiger partial charge in [-0.25, -0.2) is 9.48 Å². The summed E-state index contributed by atoms with van der Waals surface area (Å²) in [7, 11) is 1.74. The quantitative estimate of drug-likeness (QED) is 0.840. The van der Waals surface area contributed by atoms with Gasteiger partial charge in [-0.1, -0.05) is 30.2 Å². The van der Waals surface area contributed by atoms with Crippen molar-refractivity contribution in [2.45, 2.75) is 51.7 Å². The summed E-state index contributed by atoms with van der Waals surface area (Å²) >= 11 is 5.92. The standard InChI is InChI=1S/C18H23ClN4O2/c1-13(14-7-9-15(19)10-8-14)21(2)17(24)12-23-18(25)22-11-5-3-4-6-16(22)20-23/h7-10,13H,3-6,11-12H2,1-2H3. The fourth-order valence-electron chi connectivity index (χ4n) is 3.15. The Labute approximate surface area is 152 Å². The Balaban J connectivity index is 1.73. The molecule has 1 unspecified atom stereocenters. The molecule has 6 nitrogen and oxygen atoms in total. The van der Waals surface area contributed by atoms with E-state index >= 15 is 0 Å². The molecule has 0 aliphatic carbocycles. The largest absolute Gasteiger partial charge is 0.346 e. The van der Waals surface area contributed by atoms with Crippen molar-refractivity contribution in [3.63, 3.8) is 0 Å². The number of nitrogens with zero attached hydrogens (tertiary/aromatic N) is 4. The van der Waals surface area contributed by atoms with E-state index in [1.807, 2.05) is 31.2 Å². The molecule has 3 rings (SSSR count). The predicted molar refractivity (Wildman–Crippen MR) is 96.7 cm³/mol. The SMILES string of the molecule is CC(c1ccc(Cl)cc1)N(C)C(=O)Cn1nc2n(c1=O)CCCCC2. The number of amides is 1. The zero-order chi connectivity index (χ0) is 18.0. The molecule has 0 saturated carbocycles. The van der Waals surface area contributed by atoms with Crippen LogP contribution in [-0.4, -0.2) is 32.2 Å². The molecule has 0 bridgehead atoms. The first-order valence-electron chi connectivity index (χ1n) is 8.65. The van der Waals surface area contributed by atoms with Gasteiger partial charge in [0.25, 0.3) is 0 Å². The number of benzene rings is 1. The number of halogens is 1. The summed E-state index contributed by atoms with van der Waals surface area (Å²) in [6.45, 7) is 2.61. The van der Waals surface area contributed by atoms with Crippen LogP contribution in [0.1, 0.15) is 43.6 Å². The number of rotatable bonds is 4. The summed E-state index contributed by atoms with van der Waals surface area (Å²) in [5.74, 6) is 0.654. The summed E-state index contributed by atoms with van der Waals surface area (Å²) in [5, 5.41) is 5.04. The highest BCUT2D eigenvalue weighted by molar-refractivity contribution is 6.30. The molecule has 0 spiro atoms. The van der Waals surface area contributed by atoms with Gasteiger partial charge in [0.05, 0.1) is 6.04 Å². The number of carbonyl (C=O) groups excluding carboxylic acids is 1. The molecule has 1 atom stereocenters. The Morgan fingerprint density at radius 1 is 1.28 bits per heavy atom. The normalized spacial score (nSPS) is 15.3. The van der Waals surface area contributed by atoms with Crippen molar-refractivity contribution in [2.75, 3.05) is 7.05 Å². The number of carbonyl (C=O) groups is 1. The summed E-state index contributed by atoms with van der Waals surface area (Å²) in [6, 6.07) is 7.32. The maximum absolute atomic E-state index is 12.6. The monoisotopic (exact) mass is 362 g/mol. The number of aromatic nitrogens is 3. The zero-order valence-corrected chi connectivity index (χ0v) is 15.4. The van der Waals surface area contributed by atoms with Gasteiger partial charge in [-0.05, 0) is 37.5 Å². The summed E-state index contributed by atoms with van der Waals surface area (Å²) in [6.07, 6.45) is 3.94. The number of hydrogen-bond donors (Lipinski definition) is 0. The summed E-state index contributed by atoms with van der Waals surface area (Å²) in [4.78, 5) is 26.7. The fourth-order valence-corrected chi connectivity index (χ4v) is 3.27.